The maximum atomic E-state index is 13.8. The highest BCUT2D eigenvalue weighted by atomic mass is 16.2. The molecule has 5 aliphatic heterocycles. The SMILES string of the molecule is CCC1CCC(C)N1C(=O)C1C(C(=O)N2C3CCC2CC3)C2CCC1N2C. The highest BCUT2D eigenvalue weighted by Crippen LogP contribution is 2.49. The van der Waals surface area contributed by atoms with E-state index in [1.165, 1.54) is 25.7 Å². The zero-order valence-electron chi connectivity index (χ0n) is 17.1. The van der Waals surface area contributed by atoms with Crippen molar-refractivity contribution in [3.63, 3.8) is 0 Å². The van der Waals surface area contributed by atoms with E-state index in [0.29, 0.717) is 30.1 Å². The quantitative estimate of drug-likeness (QED) is 0.764. The Bertz CT molecular complexity index is 617. The third-order valence-electron chi connectivity index (χ3n) is 8.81. The molecule has 4 bridgehead atoms. The highest BCUT2D eigenvalue weighted by Gasteiger charge is 2.60. The van der Waals surface area contributed by atoms with Crippen molar-refractivity contribution < 1.29 is 9.59 Å². The molecule has 5 nitrogen and oxygen atoms in total. The van der Waals surface area contributed by atoms with Gasteiger partial charge in [0.15, 0.2) is 0 Å². The van der Waals surface area contributed by atoms with E-state index in [1.807, 2.05) is 0 Å². The van der Waals surface area contributed by atoms with Crippen LogP contribution in [0.5, 0.6) is 0 Å². The van der Waals surface area contributed by atoms with Gasteiger partial charge < -0.3 is 9.80 Å². The molecule has 27 heavy (non-hydrogen) atoms. The fourth-order valence-electron chi connectivity index (χ4n) is 7.46. The van der Waals surface area contributed by atoms with Crippen LogP contribution >= 0.6 is 0 Å². The van der Waals surface area contributed by atoms with Crippen LogP contribution in [-0.2, 0) is 9.59 Å². The van der Waals surface area contributed by atoms with Gasteiger partial charge in [-0.2, -0.15) is 0 Å². The standard InChI is InChI=1S/C22H35N3O2/c1-4-14-6-5-13(2)24(14)21(26)19-17-11-12-18(23(17)3)20(19)22(27)25-15-7-8-16(25)10-9-15/h13-20H,4-12H2,1-3H3. The number of hydrogen-bond donors (Lipinski definition) is 0. The number of rotatable bonds is 3. The average molecular weight is 374 g/mol. The molecule has 5 rings (SSSR count). The lowest BCUT2D eigenvalue weighted by molar-refractivity contribution is -0.149. The van der Waals surface area contributed by atoms with Gasteiger partial charge in [0.25, 0.3) is 0 Å². The van der Waals surface area contributed by atoms with E-state index >= 15 is 0 Å². The largest absolute Gasteiger partial charge is 0.337 e. The van der Waals surface area contributed by atoms with Crippen LogP contribution in [0.1, 0.15) is 71.6 Å². The molecule has 5 saturated heterocycles. The Kier molecular flexibility index (Phi) is 4.30. The van der Waals surface area contributed by atoms with E-state index < -0.39 is 0 Å². The fourth-order valence-corrected chi connectivity index (χ4v) is 7.46. The van der Waals surface area contributed by atoms with E-state index in [0.717, 1.165) is 32.1 Å². The zero-order chi connectivity index (χ0) is 18.9. The first kappa shape index (κ1) is 18.0. The third-order valence-corrected chi connectivity index (χ3v) is 8.81. The van der Waals surface area contributed by atoms with Crippen LogP contribution in [0.25, 0.3) is 0 Å². The molecule has 150 valence electrons. The van der Waals surface area contributed by atoms with Gasteiger partial charge in [-0.1, -0.05) is 6.92 Å². The van der Waals surface area contributed by atoms with E-state index in [1.54, 1.807) is 0 Å². The number of nitrogens with zero attached hydrogens (tertiary/aromatic N) is 3. The molecule has 5 fully saturated rings. The normalized spacial score (nSPS) is 46.0. The molecular formula is C22H35N3O2. The van der Waals surface area contributed by atoms with Crippen molar-refractivity contribution >= 4 is 11.8 Å². The minimum atomic E-state index is -0.115. The number of hydrogen-bond acceptors (Lipinski definition) is 3. The molecule has 5 heteroatoms. The summed E-state index contributed by atoms with van der Waals surface area (Å²) in [4.78, 5) is 34.3. The molecule has 0 aromatic rings. The predicted octanol–water partition coefficient (Wildman–Crippen LogP) is 2.64. The molecular weight excluding hydrogens is 338 g/mol. The lowest BCUT2D eigenvalue weighted by atomic mass is 9.77. The van der Waals surface area contributed by atoms with Crippen LogP contribution in [0.4, 0.5) is 0 Å². The van der Waals surface area contributed by atoms with Gasteiger partial charge >= 0.3 is 0 Å². The maximum Gasteiger partial charge on any atom is 0.228 e. The predicted molar refractivity (Wildman–Crippen MR) is 104 cm³/mol. The second-order valence-corrected chi connectivity index (χ2v) is 9.87. The molecule has 0 aromatic carbocycles. The second-order valence-electron chi connectivity index (χ2n) is 9.87. The smallest absolute Gasteiger partial charge is 0.228 e. The third kappa shape index (κ3) is 2.46. The number of carbonyl (C=O) groups is 2. The Labute approximate surface area is 163 Å². The minimum absolute atomic E-state index is 0.104. The number of amides is 2. The van der Waals surface area contributed by atoms with Gasteiger partial charge in [0.2, 0.25) is 11.8 Å². The molecule has 0 aromatic heterocycles. The maximum absolute atomic E-state index is 13.8. The van der Waals surface area contributed by atoms with Gasteiger partial charge in [-0.25, -0.2) is 0 Å². The Hall–Kier alpha value is -1.10. The molecule has 5 heterocycles. The summed E-state index contributed by atoms with van der Waals surface area (Å²) in [6.07, 6.45) is 10.1. The zero-order valence-corrected chi connectivity index (χ0v) is 17.1. The van der Waals surface area contributed by atoms with Crippen molar-refractivity contribution in [2.45, 2.75) is 108 Å². The van der Waals surface area contributed by atoms with Crippen LogP contribution in [-0.4, -0.2) is 69.8 Å². The van der Waals surface area contributed by atoms with Crippen molar-refractivity contribution in [3.8, 4) is 0 Å². The van der Waals surface area contributed by atoms with E-state index in [2.05, 4.69) is 35.6 Å². The summed E-state index contributed by atoms with van der Waals surface area (Å²) in [5, 5.41) is 0. The van der Waals surface area contributed by atoms with Gasteiger partial charge in [-0.15, -0.1) is 0 Å². The monoisotopic (exact) mass is 373 g/mol. The van der Waals surface area contributed by atoms with Gasteiger partial charge in [-0.3, -0.25) is 14.5 Å². The van der Waals surface area contributed by atoms with Crippen LogP contribution in [0.3, 0.4) is 0 Å². The van der Waals surface area contributed by atoms with Crippen LogP contribution in [0.2, 0.25) is 0 Å². The first-order chi connectivity index (χ1) is 13.0. The Balaban J connectivity index is 1.45. The first-order valence-electron chi connectivity index (χ1n) is 11.4. The minimum Gasteiger partial charge on any atom is -0.337 e. The van der Waals surface area contributed by atoms with Crippen molar-refractivity contribution in [2.75, 3.05) is 7.05 Å². The van der Waals surface area contributed by atoms with Crippen molar-refractivity contribution in [1.82, 2.24) is 14.7 Å². The molecule has 0 radical (unpaired) electrons. The summed E-state index contributed by atoms with van der Waals surface area (Å²) in [6, 6.07) is 2.14. The van der Waals surface area contributed by atoms with Gasteiger partial charge in [0, 0.05) is 36.3 Å². The first-order valence-corrected chi connectivity index (χ1v) is 11.4. The summed E-state index contributed by atoms with van der Waals surface area (Å²) in [7, 11) is 2.15. The van der Waals surface area contributed by atoms with Crippen LogP contribution in [0, 0.1) is 11.8 Å². The number of carbonyl (C=O) groups excluding carboxylic acids is 2. The lowest BCUT2D eigenvalue weighted by Gasteiger charge is -2.37. The Morgan fingerprint density at radius 1 is 0.778 bits per heavy atom. The molecule has 0 spiro atoms. The summed E-state index contributed by atoms with van der Waals surface area (Å²) in [5.74, 6) is 0.386. The fraction of sp³-hybridized carbons (Fsp3) is 0.909. The van der Waals surface area contributed by atoms with Gasteiger partial charge in [0.05, 0.1) is 11.8 Å². The molecule has 5 aliphatic rings. The summed E-state index contributed by atoms with van der Waals surface area (Å²) >= 11 is 0. The lowest BCUT2D eigenvalue weighted by Crippen LogP contribution is -2.52. The molecule has 0 N–H and O–H groups in total. The Morgan fingerprint density at radius 2 is 1.30 bits per heavy atom. The summed E-state index contributed by atoms with van der Waals surface area (Å²) in [6.45, 7) is 4.39. The van der Waals surface area contributed by atoms with Gasteiger partial charge in [0.1, 0.15) is 0 Å². The summed E-state index contributed by atoms with van der Waals surface area (Å²) in [5.41, 5.74) is 0. The van der Waals surface area contributed by atoms with Crippen LogP contribution in [0.15, 0.2) is 0 Å². The molecule has 0 saturated carbocycles. The second kappa shape index (κ2) is 6.47. The molecule has 2 amide bonds. The van der Waals surface area contributed by atoms with Crippen molar-refractivity contribution in [2.24, 2.45) is 11.8 Å². The molecule has 0 aliphatic carbocycles. The average Bonchev–Trinajstić information content (AvgIpc) is 3.47. The van der Waals surface area contributed by atoms with Gasteiger partial charge in [-0.05, 0) is 71.8 Å². The number of fused-ring (bicyclic) bond motifs is 4. The van der Waals surface area contributed by atoms with E-state index in [-0.39, 0.29) is 29.8 Å². The van der Waals surface area contributed by atoms with Crippen LogP contribution < -0.4 is 0 Å². The highest BCUT2D eigenvalue weighted by molar-refractivity contribution is 5.91. The van der Waals surface area contributed by atoms with E-state index in [9.17, 15) is 9.59 Å². The Morgan fingerprint density at radius 3 is 1.81 bits per heavy atom. The van der Waals surface area contributed by atoms with E-state index in [4.69, 9.17) is 0 Å². The van der Waals surface area contributed by atoms with Crippen molar-refractivity contribution in [1.29, 1.82) is 0 Å². The number of likely N-dealkylation sites (tertiary alicyclic amines) is 1. The molecule has 6 unspecified atom stereocenters. The van der Waals surface area contributed by atoms with Crippen molar-refractivity contribution in [3.05, 3.63) is 0 Å². The summed E-state index contributed by atoms with van der Waals surface area (Å²) < 4.78 is 0. The molecule has 6 atom stereocenters. The topological polar surface area (TPSA) is 43.9 Å².